The summed E-state index contributed by atoms with van der Waals surface area (Å²) in [5, 5.41) is 5.08. The van der Waals surface area contributed by atoms with Gasteiger partial charge in [0.05, 0.1) is 0 Å². The molecule has 2 aliphatic carbocycles. The predicted octanol–water partition coefficient (Wildman–Crippen LogP) is 6.86. The summed E-state index contributed by atoms with van der Waals surface area (Å²) in [5.74, 6) is 0. The highest BCUT2D eigenvalue weighted by atomic mass is 31.1. The molecule has 0 heterocycles. The first-order chi connectivity index (χ1) is 15.1. The predicted molar refractivity (Wildman–Crippen MR) is 143 cm³/mol. The second-order valence-electron chi connectivity index (χ2n) is 10.0. The molecule has 0 N–H and O–H groups in total. The summed E-state index contributed by atoms with van der Waals surface area (Å²) < 4.78 is 0. The van der Waals surface area contributed by atoms with Crippen LogP contribution in [0.15, 0.2) is 42.5 Å². The van der Waals surface area contributed by atoms with Crippen molar-refractivity contribution in [3.8, 4) is 0 Å². The molecule has 4 rings (SSSR count). The third-order valence-corrected chi connectivity index (χ3v) is 13.8. The van der Waals surface area contributed by atoms with E-state index < -0.39 is 0 Å². The number of benzene rings is 1. The Kier molecular flexibility index (Phi) is 8.36. The van der Waals surface area contributed by atoms with Gasteiger partial charge in [-0.1, -0.05) is 85.6 Å². The molecule has 31 heavy (non-hydrogen) atoms. The fraction of sp³-hybridized carbons (Fsp3) is 0.607. The Hall–Kier alpha value is -0.610. The Morgan fingerprint density at radius 3 is 1.90 bits per heavy atom. The van der Waals surface area contributed by atoms with Crippen molar-refractivity contribution in [2.45, 2.75) is 88.5 Å². The maximum atomic E-state index is 2.56. The topological polar surface area (TPSA) is 3.24 Å². The van der Waals surface area contributed by atoms with E-state index in [1.54, 1.807) is 15.9 Å². The monoisotopic (exact) mass is 454 g/mol. The van der Waals surface area contributed by atoms with Crippen LogP contribution in [0.3, 0.4) is 0 Å². The van der Waals surface area contributed by atoms with Crippen LogP contribution in [0.5, 0.6) is 0 Å². The first kappa shape index (κ1) is 23.5. The van der Waals surface area contributed by atoms with E-state index in [2.05, 4.69) is 75.0 Å². The van der Waals surface area contributed by atoms with Gasteiger partial charge in [0.2, 0.25) is 0 Å². The van der Waals surface area contributed by atoms with E-state index in [4.69, 9.17) is 0 Å². The smallest absolute Gasteiger partial charge is 0.0130 e. The zero-order valence-electron chi connectivity index (χ0n) is 20.2. The summed E-state index contributed by atoms with van der Waals surface area (Å²) in [7, 11) is 4.04. The lowest BCUT2D eigenvalue weighted by atomic mass is 9.99. The second-order valence-corrected chi connectivity index (χ2v) is 14.9. The van der Waals surface area contributed by atoms with Crippen molar-refractivity contribution >= 4 is 31.8 Å². The average molecular weight is 455 g/mol. The summed E-state index contributed by atoms with van der Waals surface area (Å²) in [5.41, 5.74) is 3.47. The Balaban J connectivity index is 1.71. The van der Waals surface area contributed by atoms with Crippen LogP contribution in [-0.2, 0) is 0 Å². The highest BCUT2D eigenvalue weighted by Crippen LogP contribution is 2.55. The molecule has 2 aliphatic rings. The number of hydrogen-bond donors (Lipinski definition) is 0. The standard InChI is InChI=1S/C28H42NP2/c1-22(29(2)3)25-18-13-21-26(25)30(4)27-19-11-12-20-28(27)31(23-14-7-5-8-15-23)24-16-9-6-10-17-24/h11-13,18-24H,5-10,14-17H2,1-4H3/q-1/t22-,30+/m0/s1. The van der Waals surface area contributed by atoms with Crippen molar-refractivity contribution in [3.63, 3.8) is 0 Å². The van der Waals surface area contributed by atoms with Gasteiger partial charge in [-0.15, -0.1) is 10.9 Å². The fourth-order valence-electron chi connectivity index (χ4n) is 5.87. The molecular weight excluding hydrogens is 412 g/mol. The maximum Gasteiger partial charge on any atom is -0.0130 e. The normalized spacial score (nSPS) is 21.0. The van der Waals surface area contributed by atoms with E-state index in [0.29, 0.717) is 6.04 Å². The molecule has 0 unspecified atom stereocenters. The van der Waals surface area contributed by atoms with E-state index in [1.807, 2.05) is 0 Å². The quantitative estimate of drug-likeness (QED) is 0.326. The minimum absolute atomic E-state index is 0.0529. The molecule has 2 aromatic rings. The average Bonchev–Trinajstić information content (AvgIpc) is 3.30. The van der Waals surface area contributed by atoms with Gasteiger partial charge in [-0.25, -0.2) is 12.1 Å². The van der Waals surface area contributed by atoms with Crippen molar-refractivity contribution in [1.29, 1.82) is 0 Å². The summed E-state index contributed by atoms with van der Waals surface area (Å²) in [6.45, 7) is 4.88. The first-order valence-electron chi connectivity index (χ1n) is 12.6. The van der Waals surface area contributed by atoms with Crippen LogP contribution in [-0.4, -0.2) is 37.0 Å². The molecule has 0 aromatic heterocycles. The fourth-order valence-corrected chi connectivity index (χ4v) is 12.4. The van der Waals surface area contributed by atoms with E-state index in [0.717, 1.165) is 11.3 Å². The second kappa shape index (κ2) is 11.0. The molecule has 0 saturated heterocycles. The van der Waals surface area contributed by atoms with Crippen LogP contribution in [0.25, 0.3) is 0 Å². The molecule has 3 heteroatoms. The maximum absolute atomic E-state index is 2.56. The Labute approximate surface area is 193 Å². The molecule has 0 bridgehead atoms. The molecular formula is C28H42NP2-. The summed E-state index contributed by atoms with van der Waals surface area (Å²) in [6, 6.07) is 17.3. The molecule has 2 fully saturated rings. The molecule has 2 saturated carbocycles. The minimum Gasteiger partial charge on any atom is -0.314 e. The van der Waals surface area contributed by atoms with Crippen molar-refractivity contribution in [2.75, 3.05) is 20.8 Å². The SMILES string of the molecule is C[C@@H]([c-]1cccc1[P@@](C)c1ccccc1P(C1CCCCC1)C1CCCCC1)N(C)C. The van der Waals surface area contributed by atoms with E-state index in [1.165, 1.54) is 69.8 Å². The van der Waals surface area contributed by atoms with Gasteiger partial charge in [-0.2, -0.15) is 6.07 Å². The summed E-state index contributed by atoms with van der Waals surface area (Å²) >= 11 is 0. The molecule has 170 valence electrons. The van der Waals surface area contributed by atoms with Crippen LogP contribution < -0.4 is 15.9 Å². The number of nitrogens with zero attached hydrogens (tertiary/aromatic N) is 1. The van der Waals surface area contributed by atoms with Gasteiger partial charge in [0.25, 0.3) is 0 Å². The van der Waals surface area contributed by atoms with Gasteiger partial charge in [-0.3, -0.25) is 0 Å². The Morgan fingerprint density at radius 1 is 0.806 bits per heavy atom. The third-order valence-electron chi connectivity index (χ3n) is 7.87. The number of rotatable bonds is 7. The van der Waals surface area contributed by atoms with Gasteiger partial charge >= 0.3 is 0 Å². The summed E-state index contributed by atoms with van der Waals surface area (Å²) in [6.07, 6.45) is 14.7. The first-order valence-corrected chi connectivity index (χ1v) is 15.9. The van der Waals surface area contributed by atoms with Crippen molar-refractivity contribution < 1.29 is 0 Å². The zero-order valence-corrected chi connectivity index (χ0v) is 22.0. The van der Waals surface area contributed by atoms with Gasteiger partial charge in [0.15, 0.2) is 0 Å². The molecule has 0 amide bonds. The number of hydrogen-bond acceptors (Lipinski definition) is 1. The molecule has 2 aromatic carbocycles. The van der Waals surface area contributed by atoms with Crippen LogP contribution in [0, 0.1) is 0 Å². The molecule has 2 atom stereocenters. The minimum atomic E-state index is -0.318. The lowest BCUT2D eigenvalue weighted by molar-refractivity contribution is 0.323. The lowest BCUT2D eigenvalue weighted by Crippen LogP contribution is -2.34. The van der Waals surface area contributed by atoms with E-state index >= 15 is 0 Å². The highest BCUT2D eigenvalue weighted by Gasteiger charge is 2.34. The molecule has 0 spiro atoms. The third kappa shape index (κ3) is 5.32. The highest BCUT2D eigenvalue weighted by molar-refractivity contribution is 7.76. The van der Waals surface area contributed by atoms with Crippen molar-refractivity contribution in [1.82, 2.24) is 4.90 Å². The van der Waals surface area contributed by atoms with E-state index in [-0.39, 0.29) is 15.8 Å². The Bertz CT molecular complexity index is 796. The van der Waals surface area contributed by atoms with Gasteiger partial charge < -0.3 is 4.90 Å². The van der Waals surface area contributed by atoms with E-state index in [9.17, 15) is 0 Å². The zero-order chi connectivity index (χ0) is 21.8. The van der Waals surface area contributed by atoms with Crippen LogP contribution in [0.1, 0.15) is 82.7 Å². The van der Waals surface area contributed by atoms with Crippen molar-refractivity contribution in [3.05, 3.63) is 48.0 Å². The molecule has 0 aliphatic heterocycles. The largest absolute Gasteiger partial charge is 0.314 e. The van der Waals surface area contributed by atoms with Gasteiger partial charge in [0.1, 0.15) is 0 Å². The van der Waals surface area contributed by atoms with Gasteiger partial charge in [0, 0.05) is 0 Å². The van der Waals surface area contributed by atoms with Crippen molar-refractivity contribution in [2.24, 2.45) is 0 Å². The van der Waals surface area contributed by atoms with Crippen LogP contribution in [0.4, 0.5) is 0 Å². The molecule has 0 radical (unpaired) electrons. The molecule has 1 nitrogen and oxygen atoms in total. The van der Waals surface area contributed by atoms with Crippen LogP contribution in [0.2, 0.25) is 0 Å². The van der Waals surface area contributed by atoms with Gasteiger partial charge in [-0.05, 0) is 74.4 Å². The van der Waals surface area contributed by atoms with Crippen LogP contribution >= 0.6 is 15.8 Å². The lowest BCUT2D eigenvalue weighted by Gasteiger charge is -2.40. The Morgan fingerprint density at radius 2 is 1.35 bits per heavy atom. The summed E-state index contributed by atoms with van der Waals surface area (Å²) in [4.78, 5) is 2.35.